The fraction of sp³-hybridized carbons (Fsp3) is 0.500. The van der Waals surface area contributed by atoms with Crippen LogP contribution in [-0.2, 0) is 22.6 Å². The van der Waals surface area contributed by atoms with Gasteiger partial charge in [0.15, 0.2) is 0 Å². The van der Waals surface area contributed by atoms with Crippen molar-refractivity contribution in [2.45, 2.75) is 39.2 Å². The first-order valence-corrected chi connectivity index (χ1v) is 7.38. The molecule has 0 unspecified atom stereocenters. The van der Waals surface area contributed by atoms with Crippen LogP contribution in [0.5, 0.6) is 0 Å². The van der Waals surface area contributed by atoms with E-state index in [0.29, 0.717) is 13.0 Å². The van der Waals surface area contributed by atoms with E-state index in [0.717, 1.165) is 37.1 Å². The molecule has 1 fully saturated rings. The number of benzene rings is 1. The SMILES string of the molecule is CCC(=O)N1CCc2ccc(NC(=O)C3CC3)cc2C1. The Morgan fingerprint density at radius 2 is 2.10 bits per heavy atom. The van der Waals surface area contributed by atoms with Gasteiger partial charge in [-0.15, -0.1) is 0 Å². The molecule has 1 heterocycles. The van der Waals surface area contributed by atoms with Gasteiger partial charge in [-0.3, -0.25) is 9.59 Å². The first-order valence-electron chi connectivity index (χ1n) is 7.38. The lowest BCUT2D eigenvalue weighted by Crippen LogP contribution is -2.35. The summed E-state index contributed by atoms with van der Waals surface area (Å²) in [7, 11) is 0. The van der Waals surface area contributed by atoms with Gasteiger partial charge in [-0.1, -0.05) is 13.0 Å². The third kappa shape index (κ3) is 2.69. The third-order valence-corrected chi connectivity index (χ3v) is 4.09. The van der Waals surface area contributed by atoms with Gasteiger partial charge in [0.25, 0.3) is 0 Å². The zero-order valence-electron chi connectivity index (χ0n) is 11.8. The van der Waals surface area contributed by atoms with Gasteiger partial charge in [-0.25, -0.2) is 0 Å². The second-order valence-electron chi connectivity index (χ2n) is 5.67. The highest BCUT2D eigenvalue weighted by atomic mass is 16.2. The van der Waals surface area contributed by atoms with Crippen molar-refractivity contribution in [3.05, 3.63) is 29.3 Å². The summed E-state index contributed by atoms with van der Waals surface area (Å²) in [4.78, 5) is 25.5. The summed E-state index contributed by atoms with van der Waals surface area (Å²) >= 11 is 0. The van der Waals surface area contributed by atoms with Gasteiger partial charge in [-0.05, 0) is 42.5 Å². The van der Waals surface area contributed by atoms with E-state index in [-0.39, 0.29) is 17.7 Å². The van der Waals surface area contributed by atoms with E-state index in [4.69, 9.17) is 0 Å². The summed E-state index contributed by atoms with van der Waals surface area (Å²) in [5.41, 5.74) is 3.30. The Kier molecular flexibility index (Phi) is 3.47. The Morgan fingerprint density at radius 1 is 1.30 bits per heavy atom. The highest BCUT2D eigenvalue weighted by Gasteiger charge is 2.29. The van der Waals surface area contributed by atoms with Gasteiger partial charge in [0, 0.05) is 31.1 Å². The number of fused-ring (bicyclic) bond motifs is 1. The predicted octanol–water partition coefficient (Wildman–Crippen LogP) is 2.33. The molecule has 1 aliphatic carbocycles. The topological polar surface area (TPSA) is 49.4 Å². The van der Waals surface area contributed by atoms with Crippen molar-refractivity contribution >= 4 is 17.5 Å². The summed E-state index contributed by atoms with van der Waals surface area (Å²) in [6.45, 7) is 3.35. The molecule has 1 saturated carbocycles. The van der Waals surface area contributed by atoms with Crippen LogP contribution in [0, 0.1) is 5.92 Å². The quantitative estimate of drug-likeness (QED) is 0.918. The maximum Gasteiger partial charge on any atom is 0.227 e. The molecule has 0 aromatic heterocycles. The van der Waals surface area contributed by atoms with Crippen molar-refractivity contribution in [2.24, 2.45) is 5.92 Å². The molecular weight excluding hydrogens is 252 g/mol. The molecule has 106 valence electrons. The zero-order chi connectivity index (χ0) is 14.1. The average Bonchev–Trinajstić information content (AvgIpc) is 3.30. The number of rotatable bonds is 3. The number of amides is 2. The number of hydrogen-bond acceptors (Lipinski definition) is 2. The van der Waals surface area contributed by atoms with Gasteiger partial charge in [0.05, 0.1) is 0 Å². The van der Waals surface area contributed by atoms with Crippen LogP contribution in [0.4, 0.5) is 5.69 Å². The zero-order valence-corrected chi connectivity index (χ0v) is 11.8. The van der Waals surface area contributed by atoms with Crippen molar-refractivity contribution in [3.8, 4) is 0 Å². The molecule has 4 nitrogen and oxygen atoms in total. The van der Waals surface area contributed by atoms with E-state index in [1.165, 1.54) is 5.56 Å². The van der Waals surface area contributed by atoms with Crippen molar-refractivity contribution in [2.75, 3.05) is 11.9 Å². The summed E-state index contributed by atoms with van der Waals surface area (Å²) in [6, 6.07) is 6.06. The first-order chi connectivity index (χ1) is 9.67. The van der Waals surface area contributed by atoms with E-state index in [1.807, 2.05) is 24.0 Å². The first kappa shape index (κ1) is 13.2. The molecule has 1 N–H and O–H groups in total. The molecular formula is C16H20N2O2. The minimum Gasteiger partial charge on any atom is -0.338 e. The summed E-state index contributed by atoms with van der Waals surface area (Å²) in [6.07, 6.45) is 3.47. The number of carbonyl (C=O) groups is 2. The summed E-state index contributed by atoms with van der Waals surface area (Å²) in [5, 5.41) is 2.97. The second kappa shape index (κ2) is 5.27. The van der Waals surface area contributed by atoms with Crippen LogP contribution in [0.1, 0.15) is 37.3 Å². The van der Waals surface area contributed by atoms with E-state index < -0.39 is 0 Å². The van der Waals surface area contributed by atoms with E-state index in [1.54, 1.807) is 0 Å². The lowest BCUT2D eigenvalue weighted by molar-refractivity contribution is -0.131. The Bertz CT molecular complexity index is 549. The highest BCUT2D eigenvalue weighted by Crippen LogP contribution is 2.31. The minimum absolute atomic E-state index is 0.127. The maximum atomic E-state index is 11.8. The summed E-state index contributed by atoms with van der Waals surface area (Å²) in [5.74, 6) is 0.537. The van der Waals surface area contributed by atoms with Gasteiger partial charge in [-0.2, -0.15) is 0 Å². The molecule has 0 saturated heterocycles. The van der Waals surface area contributed by atoms with E-state index in [9.17, 15) is 9.59 Å². The maximum absolute atomic E-state index is 11.8. The lowest BCUT2D eigenvalue weighted by Gasteiger charge is -2.29. The van der Waals surface area contributed by atoms with Crippen LogP contribution in [0.2, 0.25) is 0 Å². The average molecular weight is 272 g/mol. The van der Waals surface area contributed by atoms with Crippen molar-refractivity contribution in [1.29, 1.82) is 0 Å². The fourth-order valence-electron chi connectivity index (χ4n) is 2.66. The van der Waals surface area contributed by atoms with E-state index >= 15 is 0 Å². The van der Waals surface area contributed by atoms with Crippen LogP contribution in [0.15, 0.2) is 18.2 Å². The van der Waals surface area contributed by atoms with Gasteiger partial charge < -0.3 is 10.2 Å². The molecule has 1 aromatic rings. The normalized spacial score (nSPS) is 17.6. The molecule has 1 aromatic carbocycles. The highest BCUT2D eigenvalue weighted by molar-refractivity contribution is 5.94. The Balaban J connectivity index is 1.74. The third-order valence-electron chi connectivity index (χ3n) is 4.09. The largest absolute Gasteiger partial charge is 0.338 e. The number of nitrogens with zero attached hydrogens (tertiary/aromatic N) is 1. The van der Waals surface area contributed by atoms with Crippen molar-refractivity contribution < 1.29 is 9.59 Å². The minimum atomic E-state index is 0.127. The number of carbonyl (C=O) groups excluding carboxylic acids is 2. The smallest absolute Gasteiger partial charge is 0.227 e. The predicted molar refractivity (Wildman–Crippen MR) is 77.2 cm³/mol. The van der Waals surface area contributed by atoms with Crippen molar-refractivity contribution in [3.63, 3.8) is 0 Å². The van der Waals surface area contributed by atoms with Crippen LogP contribution >= 0.6 is 0 Å². The molecule has 20 heavy (non-hydrogen) atoms. The summed E-state index contributed by atoms with van der Waals surface area (Å²) < 4.78 is 0. The second-order valence-corrected chi connectivity index (χ2v) is 5.67. The van der Waals surface area contributed by atoms with Crippen LogP contribution in [-0.4, -0.2) is 23.3 Å². The fourth-order valence-corrected chi connectivity index (χ4v) is 2.66. The molecule has 0 spiro atoms. The molecule has 2 aliphatic rings. The van der Waals surface area contributed by atoms with E-state index in [2.05, 4.69) is 11.4 Å². The van der Waals surface area contributed by atoms with Gasteiger partial charge in [0.1, 0.15) is 0 Å². The molecule has 0 bridgehead atoms. The standard InChI is InChI=1S/C16H20N2O2/c1-2-15(19)18-8-7-11-5-6-14(9-13(11)10-18)17-16(20)12-3-4-12/h5-6,9,12H,2-4,7-8,10H2,1H3,(H,17,20). The molecule has 3 rings (SSSR count). The number of hydrogen-bond donors (Lipinski definition) is 1. The lowest BCUT2D eigenvalue weighted by atomic mass is 9.98. The monoisotopic (exact) mass is 272 g/mol. The Hall–Kier alpha value is -1.84. The number of anilines is 1. The van der Waals surface area contributed by atoms with Gasteiger partial charge >= 0.3 is 0 Å². The number of nitrogens with one attached hydrogen (secondary N) is 1. The van der Waals surface area contributed by atoms with Crippen LogP contribution in [0.25, 0.3) is 0 Å². The molecule has 4 heteroatoms. The van der Waals surface area contributed by atoms with Crippen LogP contribution < -0.4 is 5.32 Å². The van der Waals surface area contributed by atoms with Crippen LogP contribution in [0.3, 0.4) is 0 Å². The van der Waals surface area contributed by atoms with Crippen molar-refractivity contribution in [1.82, 2.24) is 4.90 Å². The molecule has 0 radical (unpaired) electrons. The molecule has 1 aliphatic heterocycles. The molecule has 2 amide bonds. The Labute approximate surface area is 119 Å². The Morgan fingerprint density at radius 3 is 2.80 bits per heavy atom. The van der Waals surface area contributed by atoms with Gasteiger partial charge in [0.2, 0.25) is 11.8 Å². The molecule has 0 atom stereocenters.